The highest BCUT2D eigenvalue weighted by Gasteiger charge is 2.20. The first-order valence-electron chi connectivity index (χ1n) is 5.07. The fourth-order valence-electron chi connectivity index (χ4n) is 1.50. The SMILES string of the molecule is CC(C)C(NCc1ccn(C)c1)C(=O)O. The molecule has 84 valence electrons. The van der Waals surface area contributed by atoms with Crippen LogP contribution in [0.2, 0.25) is 0 Å². The van der Waals surface area contributed by atoms with Crippen molar-refractivity contribution in [1.82, 2.24) is 9.88 Å². The molecule has 0 amide bonds. The van der Waals surface area contributed by atoms with Gasteiger partial charge in [0.25, 0.3) is 0 Å². The highest BCUT2D eigenvalue weighted by Crippen LogP contribution is 2.05. The maximum Gasteiger partial charge on any atom is 0.320 e. The van der Waals surface area contributed by atoms with E-state index in [-0.39, 0.29) is 5.92 Å². The standard InChI is InChI=1S/C11H18N2O2/c1-8(2)10(11(14)15)12-6-9-4-5-13(3)7-9/h4-5,7-8,10,12H,6H2,1-3H3,(H,14,15). The summed E-state index contributed by atoms with van der Waals surface area (Å²) in [5, 5.41) is 12.0. The largest absolute Gasteiger partial charge is 0.480 e. The van der Waals surface area contributed by atoms with E-state index < -0.39 is 12.0 Å². The number of carbonyl (C=O) groups is 1. The molecule has 2 N–H and O–H groups in total. The Bertz CT molecular complexity index is 331. The first-order chi connectivity index (χ1) is 7.00. The van der Waals surface area contributed by atoms with Gasteiger partial charge in [-0.2, -0.15) is 0 Å². The van der Waals surface area contributed by atoms with Crippen LogP contribution in [0.15, 0.2) is 18.5 Å². The van der Waals surface area contributed by atoms with Crippen molar-refractivity contribution in [2.24, 2.45) is 13.0 Å². The number of aliphatic carboxylic acids is 1. The third kappa shape index (κ3) is 3.40. The first-order valence-corrected chi connectivity index (χ1v) is 5.07. The summed E-state index contributed by atoms with van der Waals surface area (Å²) >= 11 is 0. The van der Waals surface area contributed by atoms with Crippen LogP contribution in [0.1, 0.15) is 19.4 Å². The number of hydrogen-bond acceptors (Lipinski definition) is 2. The fraction of sp³-hybridized carbons (Fsp3) is 0.545. The Balaban J connectivity index is 2.50. The van der Waals surface area contributed by atoms with Crippen LogP contribution in [0, 0.1) is 5.92 Å². The summed E-state index contributed by atoms with van der Waals surface area (Å²) in [5.74, 6) is -0.702. The molecule has 4 heteroatoms. The number of nitrogens with one attached hydrogen (secondary N) is 1. The number of rotatable bonds is 5. The van der Waals surface area contributed by atoms with Gasteiger partial charge in [0.05, 0.1) is 0 Å². The number of carboxylic acid groups (broad SMARTS) is 1. The zero-order valence-corrected chi connectivity index (χ0v) is 9.40. The molecule has 0 aliphatic rings. The first kappa shape index (κ1) is 11.8. The van der Waals surface area contributed by atoms with Crippen LogP contribution in [0.4, 0.5) is 0 Å². The average Bonchev–Trinajstić information content (AvgIpc) is 2.50. The lowest BCUT2D eigenvalue weighted by atomic mass is 10.0. The van der Waals surface area contributed by atoms with Crippen molar-refractivity contribution in [3.63, 3.8) is 0 Å². The van der Waals surface area contributed by atoms with Crippen molar-refractivity contribution in [3.05, 3.63) is 24.0 Å². The maximum atomic E-state index is 10.9. The van der Waals surface area contributed by atoms with E-state index in [1.54, 1.807) is 0 Å². The summed E-state index contributed by atoms with van der Waals surface area (Å²) in [5.41, 5.74) is 1.10. The maximum absolute atomic E-state index is 10.9. The molecule has 0 saturated carbocycles. The van der Waals surface area contributed by atoms with E-state index in [1.165, 1.54) is 0 Å². The average molecular weight is 210 g/mol. The summed E-state index contributed by atoms with van der Waals surface area (Å²) in [4.78, 5) is 10.9. The number of aryl methyl sites for hydroxylation is 1. The lowest BCUT2D eigenvalue weighted by Gasteiger charge is -2.17. The highest BCUT2D eigenvalue weighted by molar-refractivity contribution is 5.73. The Morgan fingerprint density at radius 2 is 2.27 bits per heavy atom. The van der Waals surface area contributed by atoms with E-state index in [0.29, 0.717) is 6.54 Å². The van der Waals surface area contributed by atoms with E-state index in [0.717, 1.165) is 5.56 Å². The van der Waals surface area contributed by atoms with Crippen molar-refractivity contribution in [3.8, 4) is 0 Å². The molecule has 15 heavy (non-hydrogen) atoms. The molecule has 4 nitrogen and oxygen atoms in total. The minimum absolute atomic E-state index is 0.0891. The van der Waals surface area contributed by atoms with E-state index >= 15 is 0 Å². The Kier molecular flexibility index (Phi) is 3.91. The lowest BCUT2D eigenvalue weighted by molar-refractivity contribution is -0.140. The van der Waals surface area contributed by atoms with Crippen LogP contribution in [-0.4, -0.2) is 21.7 Å². The zero-order chi connectivity index (χ0) is 11.4. The van der Waals surface area contributed by atoms with Crippen LogP contribution < -0.4 is 5.32 Å². The van der Waals surface area contributed by atoms with Gasteiger partial charge < -0.3 is 15.0 Å². The molecular formula is C11H18N2O2. The Morgan fingerprint density at radius 3 is 2.67 bits per heavy atom. The Hall–Kier alpha value is -1.29. The molecule has 0 saturated heterocycles. The second-order valence-electron chi connectivity index (χ2n) is 4.13. The quantitative estimate of drug-likeness (QED) is 0.768. The second kappa shape index (κ2) is 4.98. The van der Waals surface area contributed by atoms with Crippen molar-refractivity contribution in [2.75, 3.05) is 0 Å². The third-order valence-electron chi connectivity index (χ3n) is 2.35. The molecule has 0 aliphatic carbocycles. The van der Waals surface area contributed by atoms with Gasteiger partial charge in [-0.15, -0.1) is 0 Å². The molecule has 1 unspecified atom stereocenters. The van der Waals surface area contributed by atoms with Gasteiger partial charge in [-0.1, -0.05) is 13.8 Å². The minimum Gasteiger partial charge on any atom is -0.480 e. The van der Waals surface area contributed by atoms with Crippen LogP contribution >= 0.6 is 0 Å². The molecular weight excluding hydrogens is 192 g/mol. The molecule has 0 aromatic carbocycles. The molecule has 1 atom stereocenters. The second-order valence-corrected chi connectivity index (χ2v) is 4.13. The van der Waals surface area contributed by atoms with E-state index in [1.807, 2.05) is 43.9 Å². The summed E-state index contributed by atoms with van der Waals surface area (Å²) in [6, 6.07) is 1.50. The predicted molar refractivity (Wildman–Crippen MR) is 58.5 cm³/mol. The van der Waals surface area contributed by atoms with E-state index in [4.69, 9.17) is 5.11 Å². The number of hydrogen-bond donors (Lipinski definition) is 2. The summed E-state index contributed by atoms with van der Waals surface area (Å²) < 4.78 is 1.95. The van der Waals surface area contributed by atoms with Crippen LogP contribution in [0.5, 0.6) is 0 Å². The molecule has 1 rings (SSSR count). The third-order valence-corrected chi connectivity index (χ3v) is 2.35. The van der Waals surface area contributed by atoms with Crippen molar-refractivity contribution in [2.45, 2.75) is 26.4 Å². The summed E-state index contributed by atoms with van der Waals surface area (Å²) in [7, 11) is 1.95. The van der Waals surface area contributed by atoms with Crippen LogP contribution in [0.3, 0.4) is 0 Å². The number of nitrogens with zero attached hydrogens (tertiary/aromatic N) is 1. The lowest BCUT2D eigenvalue weighted by Crippen LogP contribution is -2.40. The van der Waals surface area contributed by atoms with Crippen molar-refractivity contribution >= 4 is 5.97 Å². The van der Waals surface area contributed by atoms with Gasteiger partial charge in [-0.3, -0.25) is 4.79 Å². The number of carboxylic acids is 1. The number of aromatic nitrogens is 1. The van der Waals surface area contributed by atoms with Crippen molar-refractivity contribution < 1.29 is 9.90 Å². The molecule has 0 aliphatic heterocycles. The molecule has 1 aromatic rings. The van der Waals surface area contributed by atoms with Crippen LogP contribution in [0.25, 0.3) is 0 Å². The Labute approximate surface area is 89.9 Å². The summed E-state index contributed by atoms with van der Waals surface area (Å²) in [6.07, 6.45) is 3.92. The van der Waals surface area contributed by atoms with Gasteiger partial charge in [-0.25, -0.2) is 0 Å². The minimum atomic E-state index is -0.791. The predicted octanol–water partition coefficient (Wildman–Crippen LogP) is 1.22. The van der Waals surface area contributed by atoms with E-state index in [9.17, 15) is 4.79 Å². The van der Waals surface area contributed by atoms with Crippen molar-refractivity contribution in [1.29, 1.82) is 0 Å². The Morgan fingerprint density at radius 1 is 1.60 bits per heavy atom. The smallest absolute Gasteiger partial charge is 0.320 e. The van der Waals surface area contributed by atoms with Gasteiger partial charge in [-0.05, 0) is 17.5 Å². The molecule has 0 bridgehead atoms. The van der Waals surface area contributed by atoms with Crippen LogP contribution in [-0.2, 0) is 18.4 Å². The molecule has 1 aromatic heterocycles. The zero-order valence-electron chi connectivity index (χ0n) is 9.40. The molecule has 0 radical (unpaired) electrons. The molecule has 0 spiro atoms. The van der Waals surface area contributed by atoms with Gasteiger partial charge in [0.2, 0.25) is 0 Å². The monoisotopic (exact) mass is 210 g/mol. The molecule has 0 fully saturated rings. The van der Waals surface area contributed by atoms with E-state index in [2.05, 4.69) is 5.32 Å². The van der Waals surface area contributed by atoms with Gasteiger partial charge >= 0.3 is 5.97 Å². The fourth-order valence-corrected chi connectivity index (χ4v) is 1.50. The van der Waals surface area contributed by atoms with Gasteiger partial charge in [0.1, 0.15) is 6.04 Å². The van der Waals surface area contributed by atoms with Gasteiger partial charge in [0, 0.05) is 26.0 Å². The van der Waals surface area contributed by atoms with Gasteiger partial charge in [0.15, 0.2) is 0 Å². The summed E-state index contributed by atoms with van der Waals surface area (Å²) in [6.45, 7) is 4.39. The molecule has 1 heterocycles. The normalized spacial score (nSPS) is 13.1. The highest BCUT2D eigenvalue weighted by atomic mass is 16.4. The topological polar surface area (TPSA) is 54.3 Å².